The van der Waals surface area contributed by atoms with Gasteiger partial charge in [0.15, 0.2) is 5.79 Å². The Morgan fingerprint density at radius 3 is 2.60 bits per heavy atom. The van der Waals surface area contributed by atoms with Crippen LogP contribution in [0.25, 0.3) is 0 Å². The Morgan fingerprint density at radius 2 is 2.07 bits per heavy atom. The second-order valence-electron chi connectivity index (χ2n) is 3.37. The summed E-state index contributed by atoms with van der Waals surface area (Å²) >= 11 is 0. The molecule has 0 fully saturated rings. The molecule has 0 amide bonds. The Labute approximate surface area is 88.2 Å². The van der Waals surface area contributed by atoms with Gasteiger partial charge < -0.3 is 14.9 Å². The van der Waals surface area contributed by atoms with Gasteiger partial charge in [-0.3, -0.25) is 0 Å². The number of aliphatic hydroxyl groups is 2. The highest BCUT2D eigenvalue weighted by molar-refractivity contribution is 5.95. The van der Waals surface area contributed by atoms with E-state index < -0.39 is 11.8 Å². The zero-order valence-corrected chi connectivity index (χ0v) is 8.73. The van der Waals surface area contributed by atoms with E-state index in [9.17, 15) is 15.0 Å². The number of rotatable bonds is 3. The lowest BCUT2D eigenvalue weighted by atomic mass is 10.0. The maximum atomic E-state index is 11.2. The molecule has 0 saturated carbocycles. The van der Waals surface area contributed by atoms with Crippen molar-refractivity contribution in [3.05, 3.63) is 35.5 Å². The minimum atomic E-state index is -2.01. The number of allylic oxidation sites excluding steroid dienone is 3. The van der Waals surface area contributed by atoms with Crippen molar-refractivity contribution in [3.63, 3.8) is 0 Å². The highest BCUT2D eigenvalue weighted by Crippen LogP contribution is 2.25. The first-order chi connectivity index (χ1) is 6.96. The average molecular weight is 210 g/mol. The lowest BCUT2D eigenvalue weighted by molar-refractivity contribution is -0.136. The summed E-state index contributed by atoms with van der Waals surface area (Å²) in [6, 6.07) is 0. The van der Waals surface area contributed by atoms with Gasteiger partial charge in [0.1, 0.15) is 6.61 Å². The van der Waals surface area contributed by atoms with Crippen LogP contribution < -0.4 is 0 Å². The Bertz CT molecular complexity index is 342. The van der Waals surface area contributed by atoms with Gasteiger partial charge in [0.2, 0.25) is 0 Å². The van der Waals surface area contributed by atoms with Crippen molar-refractivity contribution in [3.8, 4) is 0 Å². The summed E-state index contributed by atoms with van der Waals surface area (Å²) in [6.45, 7) is 2.97. The molecule has 1 aliphatic rings. The lowest BCUT2D eigenvalue weighted by Gasteiger charge is -2.16. The summed E-state index contributed by atoms with van der Waals surface area (Å²) in [5, 5.41) is 18.8. The van der Waals surface area contributed by atoms with E-state index in [2.05, 4.69) is 0 Å². The topological polar surface area (TPSA) is 66.8 Å². The summed E-state index contributed by atoms with van der Waals surface area (Å²) in [7, 11) is 0. The van der Waals surface area contributed by atoms with E-state index in [4.69, 9.17) is 4.74 Å². The summed E-state index contributed by atoms with van der Waals surface area (Å²) < 4.78 is 4.73. The van der Waals surface area contributed by atoms with Crippen LogP contribution >= 0.6 is 0 Å². The Morgan fingerprint density at radius 1 is 1.40 bits per heavy atom. The fourth-order valence-corrected chi connectivity index (χ4v) is 1.24. The molecule has 0 aromatic carbocycles. The molecule has 0 saturated heterocycles. The van der Waals surface area contributed by atoms with Crippen LogP contribution in [0.1, 0.15) is 13.8 Å². The van der Waals surface area contributed by atoms with Crippen LogP contribution in [-0.2, 0) is 9.53 Å². The van der Waals surface area contributed by atoms with E-state index in [-0.39, 0.29) is 17.8 Å². The monoisotopic (exact) mass is 210 g/mol. The average Bonchev–Trinajstić information content (AvgIpc) is 2.48. The minimum Gasteiger partial charge on any atom is -0.457 e. The summed E-state index contributed by atoms with van der Waals surface area (Å²) in [5.74, 6) is -2.54. The smallest absolute Gasteiger partial charge is 0.338 e. The SMILES string of the molecule is C/C=C/C=C/C1=C(C(C)(O)O)COC1=O. The standard InChI is InChI=1S/C11H14O4/c1-3-4-5-6-8-9(11(2,13)14)7-15-10(8)12/h3-6,13-14H,7H2,1-2H3/b4-3+,6-5+. The highest BCUT2D eigenvalue weighted by Gasteiger charge is 2.33. The molecular weight excluding hydrogens is 196 g/mol. The predicted octanol–water partition coefficient (Wildman–Crippen LogP) is 0.673. The van der Waals surface area contributed by atoms with Crippen molar-refractivity contribution < 1.29 is 19.7 Å². The minimum absolute atomic E-state index is 0.0716. The fraction of sp³-hybridized carbons (Fsp3) is 0.364. The van der Waals surface area contributed by atoms with E-state index in [0.29, 0.717) is 0 Å². The van der Waals surface area contributed by atoms with Crippen LogP contribution in [0.3, 0.4) is 0 Å². The highest BCUT2D eigenvalue weighted by atomic mass is 16.5. The van der Waals surface area contributed by atoms with Crippen LogP contribution in [-0.4, -0.2) is 28.6 Å². The van der Waals surface area contributed by atoms with Crippen molar-refractivity contribution >= 4 is 5.97 Å². The molecule has 4 heteroatoms. The molecule has 1 aliphatic heterocycles. The molecule has 0 radical (unpaired) electrons. The third kappa shape index (κ3) is 2.78. The van der Waals surface area contributed by atoms with E-state index >= 15 is 0 Å². The molecule has 1 heterocycles. The van der Waals surface area contributed by atoms with Gasteiger partial charge in [-0.05, 0) is 19.9 Å². The van der Waals surface area contributed by atoms with Crippen LogP contribution in [0, 0.1) is 0 Å². The molecule has 0 aliphatic carbocycles. The van der Waals surface area contributed by atoms with Gasteiger partial charge in [0.05, 0.1) is 5.57 Å². The number of carbonyl (C=O) groups excluding carboxylic acids is 1. The molecule has 82 valence electrons. The third-order valence-corrected chi connectivity index (χ3v) is 2.03. The molecule has 0 unspecified atom stereocenters. The normalized spacial score (nSPS) is 18.3. The number of esters is 1. The zero-order chi connectivity index (χ0) is 11.5. The van der Waals surface area contributed by atoms with Crippen molar-refractivity contribution in [1.82, 2.24) is 0 Å². The third-order valence-electron chi connectivity index (χ3n) is 2.03. The van der Waals surface area contributed by atoms with Gasteiger partial charge in [0, 0.05) is 5.57 Å². The number of carbonyl (C=O) groups is 1. The van der Waals surface area contributed by atoms with Gasteiger partial charge in [-0.25, -0.2) is 4.79 Å². The van der Waals surface area contributed by atoms with Crippen LogP contribution in [0.5, 0.6) is 0 Å². The van der Waals surface area contributed by atoms with Gasteiger partial charge in [-0.1, -0.05) is 18.2 Å². The predicted molar refractivity (Wildman–Crippen MR) is 54.8 cm³/mol. The number of cyclic esters (lactones) is 1. The van der Waals surface area contributed by atoms with Crippen LogP contribution in [0.4, 0.5) is 0 Å². The maximum Gasteiger partial charge on any atom is 0.338 e. The van der Waals surface area contributed by atoms with Crippen molar-refractivity contribution in [2.45, 2.75) is 19.6 Å². The lowest BCUT2D eigenvalue weighted by Crippen LogP contribution is -2.27. The van der Waals surface area contributed by atoms with Gasteiger partial charge >= 0.3 is 5.97 Å². The van der Waals surface area contributed by atoms with E-state index in [1.54, 1.807) is 18.2 Å². The molecule has 0 atom stereocenters. The molecule has 4 nitrogen and oxygen atoms in total. The van der Waals surface area contributed by atoms with E-state index in [1.807, 2.05) is 6.92 Å². The second kappa shape index (κ2) is 4.42. The molecular formula is C11H14O4. The van der Waals surface area contributed by atoms with Crippen molar-refractivity contribution in [2.24, 2.45) is 0 Å². The van der Waals surface area contributed by atoms with Crippen LogP contribution in [0.15, 0.2) is 35.5 Å². The summed E-state index contributed by atoms with van der Waals surface area (Å²) in [4.78, 5) is 11.2. The van der Waals surface area contributed by atoms with Crippen LogP contribution in [0.2, 0.25) is 0 Å². The van der Waals surface area contributed by atoms with Gasteiger partial charge in [-0.2, -0.15) is 0 Å². The van der Waals surface area contributed by atoms with Gasteiger partial charge in [0.25, 0.3) is 0 Å². The first-order valence-electron chi connectivity index (χ1n) is 4.61. The first kappa shape index (κ1) is 11.7. The van der Waals surface area contributed by atoms with Crippen molar-refractivity contribution in [1.29, 1.82) is 0 Å². The quantitative estimate of drug-likeness (QED) is 0.408. The first-order valence-corrected chi connectivity index (χ1v) is 4.61. The summed E-state index contributed by atoms with van der Waals surface area (Å²) in [6.07, 6.45) is 6.69. The van der Waals surface area contributed by atoms with E-state index in [1.165, 1.54) is 13.0 Å². The fourth-order valence-electron chi connectivity index (χ4n) is 1.24. The largest absolute Gasteiger partial charge is 0.457 e. The molecule has 1 rings (SSSR count). The van der Waals surface area contributed by atoms with Crippen molar-refractivity contribution in [2.75, 3.05) is 6.61 Å². The molecule has 0 spiro atoms. The molecule has 2 N–H and O–H groups in total. The molecule has 0 aromatic rings. The number of hydrogen-bond acceptors (Lipinski definition) is 4. The maximum absolute atomic E-state index is 11.2. The Hall–Kier alpha value is -1.39. The Balaban J connectivity index is 3.02. The second-order valence-corrected chi connectivity index (χ2v) is 3.37. The number of hydrogen-bond donors (Lipinski definition) is 2. The summed E-state index contributed by atoms with van der Waals surface area (Å²) in [5.41, 5.74) is 0.397. The molecule has 0 aromatic heterocycles. The van der Waals surface area contributed by atoms with Gasteiger partial charge in [-0.15, -0.1) is 0 Å². The molecule has 15 heavy (non-hydrogen) atoms. The Kier molecular flexibility index (Phi) is 3.44. The number of ether oxygens (including phenoxy) is 1. The zero-order valence-electron chi connectivity index (χ0n) is 8.73. The molecule has 0 bridgehead atoms. The van der Waals surface area contributed by atoms with E-state index in [0.717, 1.165) is 0 Å².